The number of hydrogen-bond acceptors (Lipinski definition) is 5. The Bertz CT molecular complexity index is 176. The van der Waals surface area contributed by atoms with Gasteiger partial charge in [-0.15, -0.1) is 0 Å². The van der Waals surface area contributed by atoms with Crippen LogP contribution in [0.15, 0.2) is 12.4 Å². The quantitative estimate of drug-likeness (QED) is 0.448. The van der Waals surface area contributed by atoms with E-state index in [1.807, 2.05) is 0 Å². The summed E-state index contributed by atoms with van der Waals surface area (Å²) >= 11 is 0. The van der Waals surface area contributed by atoms with E-state index in [-0.39, 0.29) is 0 Å². The maximum absolute atomic E-state index is 7.17. The summed E-state index contributed by atoms with van der Waals surface area (Å²) in [4.78, 5) is 4.56. The van der Waals surface area contributed by atoms with E-state index in [0.717, 1.165) is 6.67 Å². The van der Waals surface area contributed by atoms with Gasteiger partial charge in [-0.05, 0) is 6.42 Å². The molecule has 0 aromatic rings. The van der Waals surface area contributed by atoms with Crippen molar-refractivity contribution in [2.24, 2.45) is 0 Å². The van der Waals surface area contributed by atoms with Crippen molar-refractivity contribution in [3.05, 3.63) is 12.4 Å². The predicted molar refractivity (Wildman–Crippen MR) is 60.4 cm³/mol. The van der Waals surface area contributed by atoms with E-state index in [2.05, 4.69) is 36.2 Å². The minimum atomic E-state index is -2.17. The van der Waals surface area contributed by atoms with Crippen LogP contribution in [0.4, 0.5) is 0 Å². The Morgan fingerprint density at radius 2 is 1.80 bits per heavy atom. The number of unbranched alkanes of at least 4 members (excludes halogenated alkanes) is 2. The highest BCUT2D eigenvalue weighted by Crippen LogP contribution is 2.05. The molecule has 1 aliphatic rings. The van der Waals surface area contributed by atoms with Gasteiger partial charge in [-0.25, -0.2) is 0 Å². The largest absolute Gasteiger partial charge is 0.631 e. The molecule has 1 aliphatic heterocycles. The van der Waals surface area contributed by atoms with E-state index in [1.165, 1.54) is 25.8 Å². The van der Waals surface area contributed by atoms with E-state index in [4.69, 9.17) is 15.1 Å². The van der Waals surface area contributed by atoms with Gasteiger partial charge in [0.05, 0.1) is 6.67 Å². The van der Waals surface area contributed by atoms with Crippen molar-refractivity contribution in [3.63, 3.8) is 0 Å². The molecule has 0 atom stereocenters. The van der Waals surface area contributed by atoms with Crippen LogP contribution in [-0.2, 0) is 0 Å². The zero-order valence-electron chi connectivity index (χ0n) is 9.50. The topological polar surface area (TPSA) is 67.2 Å². The SMILES string of the molecule is CCCCCN1C=CN(C)C1.OB(O)O. The van der Waals surface area contributed by atoms with Crippen molar-refractivity contribution in [3.8, 4) is 0 Å². The van der Waals surface area contributed by atoms with Crippen LogP contribution in [0.2, 0.25) is 0 Å². The molecule has 88 valence electrons. The monoisotopic (exact) mass is 216 g/mol. The van der Waals surface area contributed by atoms with Crippen LogP contribution in [0.3, 0.4) is 0 Å². The molecular weight excluding hydrogens is 195 g/mol. The molecule has 1 heterocycles. The Morgan fingerprint density at radius 3 is 2.20 bits per heavy atom. The molecule has 0 spiro atoms. The summed E-state index contributed by atoms with van der Waals surface area (Å²) in [5.41, 5.74) is 0. The maximum Gasteiger partial charge on any atom is 0.631 e. The molecular formula is C9H21BN2O3. The lowest BCUT2D eigenvalue weighted by Gasteiger charge is -2.17. The summed E-state index contributed by atoms with van der Waals surface area (Å²) in [5, 5.41) is 21.5. The van der Waals surface area contributed by atoms with Gasteiger partial charge in [-0.3, -0.25) is 0 Å². The van der Waals surface area contributed by atoms with Gasteiger partial charge in [0.25, 0.3) is 0 Å². The van der Waals surface area contributed by atoms with Crippen molar-refractivity contribution in [1.82, 2.24) is 9.80 Å². The first-order valence-corrected chi connectivity index (χ1v) is 5.23. The Morgan fingerprint density at radius 1 is 1.20 bits per heavy atom. The van der Waals surface area contributed by atoms with Crippen LogP contribution >= 0.6 is 0 Å². The number of nitrogens with zero attached hydrogens (tertiary/aromatic N) is 2. The fraction of sp³-hybridized carbons (Fsp3) is 0.778. The van der Waals surface area contributed by atoms with Crippen molar-refractivity contribution in [1.29, 1.82) is 0 Å². The summed E-state index contributed by atoms with van der Waals surface area (Å²) in [7, 11) is -0.0592. The summed E-state index contributed by atoms with van der Waals surface area (Å²) in [6.45, 7) is 4.53. The van der Waals surface area contributed by atoms with E-state index < -0.39 is 7.32 Å². The number of hydrogen-bond donors (Lipinski definition) is 3. The Labute approximate surface area is 91.8 Å². The molecule has 0 saturated heterocycles. The molecule has 0 radical (unpaired) electrons. The first-order chi connectivity index (χ1) is 7.06. The van der Waals surface area contributed by atoms with Gasteiger partial charge in [-0.2, -0.15) is 0 Å². The average molecular weight is 216 g/mol. The Balaban J connectivity index is 0.000000423. The molecule has 0 amide bonds. The molecule has 0 unspecified atom stereocenters. The van der Waals surface area contributed by atoms with Crippen molar-refractivity contribution in [2.75, 3.05) is 20.3 Å². The zero-order valence-corrected chi connectivity index (χ0v) is 9.50. The van der Waals surface area contributed by atoms with Crippen molar-refractivity contribution >= 4 is 7.32 Å². The third-order valence-corrected chi connectivity index (χ3v) is 1.99. The van der Waals surface area contributed by atoms with Gasteiger partial charge in [0.2, 0.25) is 0 Å². The third-order valence-electron chi connectivity index (χ3n) is 1.99. The molecule has 0 aromatic heterocycles. The minimum Gasteiger partial charge on any atom is -0.402 e. The van der Waals surface area contributed by atoms with Crippen molar-refractivity contribution < 1.29 is 15.1 Å². The van der Waals surface area contributed by atoms with Crippen LogP contribution in [0.5, 0.6) is 0 Å². The van der Waals surface area contributed by atoms with E-state index in [9.17, 15) is 0 Å². The van der Waals surface area contributed by atoms with Crippen LogP contribution < -0.4 is 0 Å². The summed E-state index contributed by atoms with van der Waals surface area (Å²) in [5.74, 6) is 0. The second-order valence-corrected chi connectivity index (χ2v) is 3.56. The molecule has 0 bridgehead atoms. The lowest BCUT2D eigenvalue weighted by molar-refractivity contribution is 0.278. The molecule has 0 aromatic carbocycles. The van der Waals surface area contributed by atoms with Gasteiger partial charge < -0.3 is 24.9 Å². The standard InChI is InChI=1S/C9H18N2.BH3O3/c1-3-4-5-6-11-8-7-10(2)9-11;2-1(3)4/h7-8H,3-6,9H2,1-2H3;2-4H. The molecule has 6 heteroatoms. The molecule has 0 saturated carbocycles. The second kappa shape index (κ2) is 8.58. The van der Waals surface area contributed by atoms with E-state index in [1.54, 1.807) is 0 Å². The summed E-state index contributed by atoms with van der Waals surface area (Å²) in [6, 6.07) is 0. The summed E-state index contributed by atoms with van der Waals surface area (Å²) in [6.07, 6.45) is 8.30. The van der Waals surface area contributed by atoms with Gasteiger partial charge in [-0.1, -0.05) is 19.8 Å². The van der Waals surface area contributed by atoms with Crippen LogP contribution in [0, 0.1) is 0 Å². The van der Waals surface area contributed by atoms with Gasteiger partial charge in [0, 0.05) is 26.0 Å². The number of rotatable bonds is 4. The molecule has 0 aliphatic carbocycles. The first kappa shape index (κ1) is 14.3. The maximum atomic E-state index is 7.17. The normalized spacial score (nSPS) is 13.9. The van der Waals surface area contributed by atoms with E-state index in [0.29, 0.717) is 0 Å². The Hall–Kier alpha value is -0.715. The van der Waals surface area contributed by atoms with Crippen LogP contribution in [0.1, 0.15) is 26.2 Å². The third kappa shape index (κ3) is 9.59. The van der Waals surface area contributed by atoms with Crippen molar-refractivity contribution in [2.45, 2.75) is 26.2 Å². The smallest absolute Gasteiger partial charge is 0.402 e. The predicted octanol–water partition coefficient (Wildman–Crippen LogP) is -0.199. The van der Waals surface area contributed by atoms with Gasteiger partial charge in [0.15, 0.2) is 0 Å². The summed E-state index contributed by atoms with van der Waals surface area (Å²) < 4.78 is 0. The van der Waals surface area contributed by atoms with E-state index >= 15 is 0 Å². The highest BCUT2D eigenvalue weighted by atomic mass is 16.5. The first-order valence-electron chi connectivity index (χ1n) is 5.23. The fourth-order valence-corrected chi connectivity index (χ4v) is 1.30. The van der Waals surface area contributed by atoms with Crippen LogP contribution in [0.25, 0.3) is 0 Å². The lowest BCUT2D eigenvalue weighted by atomic mass is 10.2. The van der Waals surface area contributed by atoms with Crippen LogP contribution in [-0.4, -0.2) is 52.5 Å². The lowest BCUT2D eigenvalue weighted by Crippen LogP contribution is -2.23. The molecule has 5 nitrogen and oxygen atoms in total. The Kier molecular flexibility index (Phi) is 8.17. The second-order valence-electron chi connectivity index (χ2n) is 3.56. The average Bonchev–Trinajstić information content (AvgIpc) is 2.51. The highest BCUT2D eigenvalue weighted by Gasteiger charge is 2.06. The highest BCUT2D eigenvalue weighted by molar-refractivity contribution is 6.30. The molecule has 1 rings (SSSR count). The zero-order chi connectivity index (χ0) is 11.7. The minimum absolute atomic E-state index is 1.07. The fourth-order valence-electron chi connectivity index (χ4n) is 1.30. The molecule has 3 N–H and O–H groups in total. The molecule has 15 heavy (non-hydrogen) atoms. The van der Waals surface area contributed by atoms with Gasteiger partial charge in [0.1, 0.15) is 0 Å². The van der Waals surface area contributed by atoms with Gasteiger partial charge >= 0.3 is 7.32 Å². The molecule has 0 fully saturated rings.